The molecule has 2 aromatic heterocycles. The van der Waals surface area contributed by atoms with Gasteiger partial charge in [0.1, 0.15) is 17.5 Å². The molecule has 0 saturated carbocycles. The van der Waals surface area contributed by atoms with Crippen LogP contribution in [0.25, 0.3) is 0 Å². The molecule has 0 aliphatic heterocycles. The average Bonchev–Trinajstić information content (AvgIpc) is 2.45. The largest absolute Gasteiger partial charge is 0.383 e. The van der Waals surface area contributed by atoms with Crippen LogP contribution >= 0.6 is 0 Å². The van der Waals surface area contributed by atoms with E-state index in [1.807, 2.05) is 32.0 Å². The Balaban J connectivity index is 2.04. The van der Waals surface area contributed by atoms with Crippen LogP contribution in [0.5, 0.6) is 0 Å². The first-order valence-electron chi connectivity index (χ1n) is 7.12. The Bertz CT molecular complexity index is 696. The zero-order valence-electron chi connectivity index (χ0n) is 13.1. The number of nitrogens with two attached hydrogens (primary N) is 1. The van der Waals surface area contributed by atoms with Gasteiger partial charge in [-0.2, -0.15) is 4.98 Å². The van der Waals surface area contributed by atoms with Gasteiger partial charge in [-0.05, 0) is 6.42 Å². The Kier molecular flexibility index (Phi) is 4.92. The van der Waals surface area contributed by atoms with Gasteiger partial charge >= 0.3 is 0 Å². The lowest BCUT2D eigenvalue weighted by molar-refractivity contribution is 0.874. The Morgan fingerprint density at radius 2 is 2.05 bits per heavy atom. The van der Waals surface area contributed by atoms with Crippen molar-refractivity contribution in [1.29, 1.82) is 0 Å². The second-order valence-corrected chi connectivity index (χ2v) is 5.09. The van der Waals surface area contributed by atoms with E-state index in [0.29, 0.717) is 24.7 Å². The molecule has 0 atom stereocenters. The van der Waals surface area contributed by atoms with Gasteiger partial charge < -0.3 is 20.9 Å². The maximum absolute atomic E-state index is 11.3. The van der Waals surface area contributed by atoms with Gasteiger partial charge in [0.25, 0.3) is 5.56 Å². The summed E-state index contributed by atoms with van der Waals surface area (Å²) >= 11 is 0. The van der Waals surface area contributed by atoms with Crippen molar-refractivity contribution in [3.05, 3.63) is 34.0 Å². The zero-order valence-corrected chi connectivity index (χ0v) is 13.1. The van der Waals surface area contributed by atoms with Gasteiger partial charge in [-0.1, -0.05) is 6.92 Å². The summed E-state index contributed by atoms with van der Waals surface area (Å²) < 4.78 is 0. The Morgan fingerprint density at radius 3 is 2.68 bits per heavy atom. The molecule has 0 spiro atoms. The van der Waals surface area contributed by atoms with Crippen molar-refractivity contribution in [2.24, 2.45) is 0 Å². The van der Waals surface area contributed by atoms with Crippen molar-refractivity contribution in [2.75, 3.05) is 36.6 Å². The standard InChI is InChI=1S/C14H21N7O/c1-4-9-7-12(20-14(17-9)21(2)3)16-6-5-11-18-10(15)8-13(22)19-11/h7-8H,4-6H2,1-3H3,(H,16,17,20)(H3,15,18,19,22). The van der Waals surface area contributed by atoms with Crippen LogP contribution in [0.2, 0.25) is 0 Å². The fourth-order valence-electron chi connectivity index (χ4n) is 1.91. The minimum atomic E-state index is -0.243. The topological polar surface area (TPSA) is 113 Å². The molecule has 0 aliphatic rings. The maximum atomic E-state index is 11.3. The number of aryl methyl sites for hydroxylation is 1. The van der Waals surface area contributed by atoms with Crippen molar-refractivity contribution in [2.45, 2.75) is 19.8 Å². The Labute approximate surface area is 128 Å². The quantitative estimate of drug-likeness (QED) is 0.709. The molecule has 8 nitrogen and oxygen atoms in total. The van der Waals surface area contributed by atoms with Crippen molar-refractivity contribution < 1.29 is 0 Å². The summed E-state index contributed by atoms with van der Waals surface area (Å²) in [6.07, 6.45) is 1.38. The van der Waals surface area contributed by atoms with Crippen molar-refractivity contribution >= 4 is 17.6 Å². The first-order chi connectivity index (χ1) is 10.5. The number of hydrogen-bond donors (Lipinski definition) is 3. The van der Waals surface area contributed by atoms with Gasteiger partial charge in [0.05, 0.1) is 0 Å². The van der Waals surface area contributed by atoms with Crippen LogP contribution in [0, 0.1) is 0 Å². The Morgan fingerprint density at radius 1 is 1.27 bits per heavy atom. The molecule has 2 heterocycles. The highest BCUT2D eigenvalue weighted by Crippen LogP contribution is 2.12. The number of aromatic nitrogens is 4. The first kappa shape index (κ1) is 15.7. The molecule has 0 radical (unpaired) electrons. The molecule has 0 amide bonds. The summed E-state index contributed by atoms with van der Waals surface area (Å²) in [5, 5.41) is 3.22. The summed E-state index contributed by atoms with van der Waals surface area (Å²) in [6, 6.07) is 3.18. The van der Waals surface area contributed by atoms with Crippen molar-refractivity contribution in [3.8, 4) is 0 Å². The van der Waals surface area contributed by atoms with Gasteiger partial charge in [-0.3, -0.25) is 4.79 Å². The molecule has 0 aliphatic carbocycles. The third kappa shape index (κ3) is 4.18. The average molecular weight is 303 g/mol. The third-order valence-corrected chi connectivity index (χ3v) is 3.01. The van der Waals surface area contributed by atoms with Crippen LogP contribution in [-0.4, -0.2) is 40.6 Å². The minimum absolute atomic E-state index is 0.226. The predicted octanol–water partition coefficient (Wildman–Crippen LogP) is 0.425. The second kappa shape index (κ2) is 6.88. The van der Waals surface area contributed by atoms with E-state index in [-0.39, 0.29) is 11.4 Å². The van der Waals surface area contributed by atoms with E-state index in [4.69, 9.17) is 5.73 Å². The van der Waals surface area contributed by atoms with Crippen LogP contribution in [0.1, 0.15) is 18.4 Å². The molecule has 0 saturated heterocycles. The molecule has 22 heavy (non-hydrogen) atoms. The highest BCUT2D eigenvalue weighted by molar-refractivity contribution is 5.43. The Hall–Kier alpha value is -2.64. The summed E-state index contributed by atoms with van der Waals surface area (Å²) in [7, 11) is 3.81. The lowest BCUT2D eigenvalue weighted by Gasteiger charge is -2.14. The number of aromatic amines is 1. The molecular weight excluding hydrogens is 282 g/mol. The highest BCUT2D eigenvalue weighted by Gasteiger charge is 2.06. The van der Waals surface area contributed by atoms with Crippen LogP contribution in [0.15, 0.2) is 16.9 Å². The van der Waals surface area contributed by atoms with Crippen molar-refractivity contribution in [1.82, 2.24) is 19.9 Å². The summed E-state index contributed by atoms with van der Waals surface area (Å²) in [5.74, 6) is 2.19. The molecule has 0 aromatic carbocycles. The molecule has 0 fully saturated rings. The van der Waals surface area contributed by atoms with Crippen molar-refractivity contribution in [3.63, 3.8) is 0 Å². The summed E-state index contributed by atoms with van der Waals surface area (Å²) in [6.45, 7) is 2.63. The predicted molar refractivity (Wildman–Crippen MR) is 87.2 cm³/mol. The normalized spacial score (nSPS) is 10.5. The SMILES string of the molecule is CCc1cc(NCCc2nc(N)cc(=O)[nH]2)nc(N(C)C)n1. The van der Waals surface area contributed by atoms with Gasteiger partial charge in [0.2, 0.25) is 5.95 Å². The minimum Gasteiger partial charge on any atom is -0.383 e. The van der Waals surface area contributed by atoms with Gasteiger partial charge in [0, 0.05) is 44.9 Å². The zero-order chi connectivity index (χ0) is 16.1. The fourth-order valence-corrected chi connectivity index (χ4v) is 1.91. The van der Waals surface area contributed by atoms with Crippen LogP contribution in [-0.2, 0) is 12.8 Å². The van der Waals surface area contributed by atoms with Gasteiger partial charge in [0.15, 0.2) is 0 Å². The summed E-state index contributed by atoms with van der Waals surface area (Å²) in [4.78, 5) is 28.8. The lowest BCUT2D eigenvalue weighted by Crippen LogP contribution is -2.17. The van der Waals surface area contributed by atoms with Crippen LogP contribution < -0.4 is 21.5 Å². The fraction of sp³-hybridized carbons (Fsp3) is 0.429. The van der Waals surface area contributed by atoms with Gasteiger partial charge in [-0.15, -0.1) is 0 Å². The summed E-state index contributed by atoms with van der Waals surface area (Å²) in [5.41, 5.74) is 6.28. The lowest BCUT2D eigenvalue weighted by atomic mass is 10.3. The van der Waals surface area contributed by atoms with Gasteiger partial charge in [-0.25, -0.2) is 9.97 Å². The van der Waals surface area contributed by atoms with E-state index in [1.54, 1.807) is 0 Å². The van der Waals surface area contributed by atoms with E-state index in [2.05, 4.69) is 25.3 Å². The molecule has 2 aromatic rings. The third-order valence-electron chi connectivity index (χ3n) is 3.01. The van der Waals surface area contributed by atoms with E-state index in [0.717, 1.165) is 17.9 Å². The number of hydrogen-bond acceptors (Lipinski definition) is 7. The number of nitrogens with one attached hydrogen (secondary N) is 2. The van der Waals surface area contributed by atoms with E-state index >= 15 is 0 Å². The van der Waals surface area contributed by atoms with Crippen LogP contribution in [0.4, 0.5) is 17.6 Å². The number of nitrogen functional groups attached to an aromatic ring is 1. The molecule has 8 heteroatoms. The molecule has 0 unspecified atom stereocenters. The first-order valence-corrected chi connectivity index (χ1v) is 7.12. The second-order valence-electron chi connectivity index (χ2n) is 5.09. The number of nitrogens with zero attached hydrogens (tertiary/aromatic N) is 4. The molecule has 0 bridgehead atoms. The number of anilines is 3. The maximum Gasteiger partial charge on any atom is 0.252 e. The molecule has 118 valence electrons. The smallest absolute Gasteiger partial charge is 0.252 e. The number of H-pyrrole nitrogens is 1. The number of rotatable bonds is 6. The van der Waals surface area contributed by atoms with E-state index < -0.39 is 0 Å². The highest BCUT2D eigenvalue weighted by atomic mass is 16.1. The van der Waals surface area contributed by atoms with E-state index in [1.165, 1.54) is 6.07 Å². The molecule has 2 rings (SSSR count). The van der Waals surface area contributed by atoms with E-state index in [9.17, 15) is 4.79 Å². The monoisotopic (exact) mass is 303 g/mol. The van der Waals surface area contributed by atoms with Crippen LogP contribution in [0.3, 0.4) is 0 Å². The molecule has 4 N–H and O–H groups in total. The molecular formula is C14H21N7O.